The van der Waals surface area contributed by atoms with E-state index in [9.17, 15) is 0 Å². The molecule has 2 rings (SSSR count). The second-order valence-corrected chi connectivity index (χ2v) is 5.60. The molecule has 1 nitrogen and oxygen atoms in total. The maximum atomic E-state index is 6.21. The molecule has 0 aliphatic carbocycles. The molecule has 100 valence electrons. The van der Waals surface area contributed by atoms with Gasteiger partial charge < -0.3 is 4.74 Å². The molecule has 0 aromatic heterocycles. The van der Waals surface area contributed by atoms with Crippen LogP contribution in [-0.4, -0.2) is 0 Å². The lowest BCUT2D eigenvalue weighted by Crippen LogP contribution is -1.99. The Morgan fingerprint density at radius 1 is 1.00 bits per heavy atom. The van der Waals surface area contributed by atoms with Gasteiger partial charge in [-0.05, 0) is 31.5 Å². The van der Waals surface area contributed by atoms with Gasteiger partial charge in [0.25, 0.3) is 0 Å². The predicted octanol–water partition coefficient (Wildman–Crippen LogP) is 5.43. The Bertz CT molecular complexity index is 581. The molecule has 0 heterocycles. The Labute approximate surface area is 127 Å². The molecule has 3 heteroatoms. The first-order valence-corrected chi connectivity index (χ1v) is 7.63. The van der Waals surface area contributed by atoms with E-state index in [4.69, 9.17) is 16.3 Å². The Morgan fingerprint density at radius 3 is 2.37 bits per heavy atom. The minimum Gasteiger partial charge on any atom is -0.489 e. The third-order valence-electron chi connectivity index (χ3n) is 2.95. The van der Waals surface area contributed by atoms with Crippen LogP contribution in [0.2, 0.25) is 5.02 Å². The normalized spacial score (nSPS) is 10.5. The van der Waals surface area contributed by atoms with Crippen LogP contribution in [0.4, 0.5) is 0 Å². The standard InChI is InChI=1S/C16H16BrClO/c1-11-4-6-16(14(7-11)9-17)19-10-13-5-3-12(2)8-15(13)18/h3-8H,9-10H2,1-2H3. The van der Waals surface area contributed by atoms with Crippen molar-refractivity contribution >= 4 is 27.5 Å². The molecule has 0 saturated carbocycles. The van der Waals surface area contributed by atoms with Gasteiger partial charge in [0.2, 0.25) is 0 Å². The van der Waals surface area contributed by atoms with E-state index in [0.717, 1.165) is 32.8 Å². The Kier molecular flexibility index (Phi) is 4.89. The van der Waals surface area contributed by atoms with Crippen LogP contribution in [-0.2, 0) is 11.9 Å². The second kappa shape index (κ2) is 6.44. The SMILES string of the molecule is Cc1ccc(COc2ccc(C)cc2CBr)c(Cl)c1. The van der Waals surface area contributed by atoms with Crippen LogP contribution < -0.4 is 4.74 Å². The highest BCUT2D eigenvalue weighted by Gasteiger charge is 2.05. The van der Waals surface area contributed by atoms with Crippen LogP contribution in [0.1, 0.15) is 22.3 Å². The lowest BCUT2D eigenvalue weighted by atomic mass is 10.1. The van der Waals surface area contributed by atoms with E-state index in [1.54, 1.807) is 0 Å². The molecule has 0 radical (unpaired) electrons. The number of aryl methyl sites for hydroxylation is 2. The first kappa shape index (κ1) is 14.4. The van der Waals surface area contributed by atoms with Crippen LogP contribution in [0.3, 0.4) is 0 Å². The number of hydrogen-bond donors (Lipinski definition) is 0. The predicted molar refractivity (Wildman–Crippen MR) is 84.3 cm³/mol. The van der Waals surface area contributed by atoms with Crippen LogP contribution in [0.5, 0.6) is 5.75 Å². The van der Waals surface area contributed by atoms with E-state index in [1.165, 1.54) is 5.56 Å². The van der Waals surface area contributed by atoms with Gasteiger partial charge in [-0.25, -0.2) is 0 Å². The van der Waals surface area contributed by atoms with E-state index in [-0.39, 0.29) is 0 Å². The summed E-state index contributed by atoms with van der Waals surface area (Å²) in [6.07, 6.45) is 0. The Hall–Kier alpha value is -0.990. The molecule has 0 amide bonds. The zero-order valence-electron chi connectivity index (χ0n) is 11.0. The highest BCUT2D eigenvalue weighted by atomic mass is 79.9. The van der Waals surface area contributed by atoms with Gasteiger partial charge in [-0.2, -0.15) is 0 Å². The monoisotopic (exact) mass is 338 g/mol. The highest BCUT2D eigenvalue weighted by Crippen LogP contribution is 2.25. The summed E-state index contributed by atoms with van der Waals surface area (Å²) in [5, 5.41) is 1.54. The summed E-state index contributed by atoms with van der Waals surface area (Å²) in [6.45, 7) is 4.59. The maximum Gasteiger partial charge on any atom is 0.123 e. The highest BCUT2D eigenvalue weighted by molar-refractivity contribution is 9.08. The summed E-state index contributed by atoms with van der Waals surface area (Å²) in [5.41, 5.74) is 4.55. The molecule has 0 saturated heterocycles. The number of hydrogen-bond acceptors (Lipinski definition) is 1. The molecule has 0 bridgehead atoms. The van der Waals surface area contributed by atoms with E-state index in [1.807, 2.05) is 31.2 Å². The van der Waals surface area contributed by atoms with E-state index in [2.05, 4.69) is 35.0 Å². The molecule has 2 aromatic rings. The fourth-order valence-electron chi connectivity index (χ4n) is 1.88. The van der Waals surface area contributed by atoms with E-state index >= 15 is 0 Å². The fraction of sp³-hybridized carbons (Fsp3) is 0.250. The van der Waals surface area contributed by atoms with Crippen LogP contribution in [0.25, 0.3) is 0 Å². The van der Waals surface area contributed by atoms with Gasteiger partial charge in [0.1, 0.15) is 12.4 Å². The minimum atomic E-state index is 0.488. The van der Waals surface area contributed by atoms with E-state index in [0.29, 0.717) is 6.61 Å². The molecular weight excluding hydrogens is 324 g/mol. The van der Waals surface area contributed by atoms with Gasteiger partial charge in [0, 0.05) is 21.5 Å². The van der Waals surface area contributed by atoms with Crippen molar-refractivity contribution in [2.24, 2.45) is 0 Å². The average molecular weight is 340 g/mol. The Balaban J connectivity index is 2.14. The van der Waals surface area contributed by atoms with Crippen LogP contribution in [0.15, 0.2) is 36.4 Å². The van der Waals surface area contributed by atoms with Gasteiger partial charge in [0.15, 0.2) is 0 Å². The van der Waals surface area contributed by atoms with Crippen molar-refractivity contribution in [3.63, 3.8) is 0 Å². The maximum absolute atomic E-state index is 6.21. The first-order chi connectivity index (χ1) is 9.10. The van der Waals surface area contributed by atoms with Crippen LogP contribution >= 0.6 is 27.5 Å². The number of halogens is 2. The second-order valence-electron chi connectivity index (χ2n) is 4.63. The molecule has 2 aromatic carbocycles. The van der Waals surface area contributed by atoms with Crippen molar-refractivity contribution in [1.29, 1.82) is 0 Å². The Morgan fingerprint density at radius 2 is 1.68 bits per heavy atom. The third-order valence-corrected chi connectivity index (χ3v) is 3.91. The summed E-state index contributed by atoms with van der Waals surface area (Å²) in [5.74, 6) is 0.902. The molecule has 0 atom stereocenters. The zero-order valence-corrected chi connectivity index (χ0v) is 13.4. The van der Waals surface area contributed by atoms with Crippen molar-refractivity contribution in [3.05, 3.63) is 63.7 Å². The number of alkyl halides is 1. The van der Waals surface area contributed by atoms with Gasteiger partial charge in [0.05, 0.1) is 0 Å². The lowest BCUT2D eigenvalue weighted by Gasteiger charge is -2.12. The molecule has 0 N–H and O–H groups in total. The number of ether oxygens (including phenoxy) is 1. The molecule has 19 heavy (non-hydrogen) atoms. The lowest BCUT2D eigenvalue weighted by molar-refractivity contribution is 0.304. The molecule has 0 fully saturated rings. The summed E-state index contributed by atoms with van der Waals surface area (Å²) in [7, 11) is 0. The largest absolute Gasteiger partial charge is 0.489 e. The molecule has 0 unspecified atom stereocenters. The average Bonchev–Trinajstić information content (AvgIpc) is 2.39. The summed E-state index contributed by atoms with van der Waals surface area (Å²) >= 11 is 9.69. The number of rotatable bonds is 4. The van der Waals surface area contributed by atoms with Gasteiger partial charge in [-0.1, -0.05) is 57.4 Å². The smallest absolute Gasteiger partial charge is 0.123 e. The minimum absolute atomic E-state index is 0.488. The molecule has 0 spiro atoms. The quantitative estimate of drug-likeness (QED) is 0.675. The summed E-state index contributed by atoms with van der Waals surface area (Å²) in [4.78, 5) is 0. The first-order valence-electron chi connectivity index (χ1n) is 6.13. The van der Waals surface area contributed by atoms with E-state index < -0.39 is 0 Å². The van der Waals surface area contributed by atoms with Crippen molar-refractivity contribution in [2.45, 2.75) is 25.8 Å². The van der Waals surface area contributed by atoms with Gasteiger partial charge in [-0.15, -0.1) is 0 Å². The number of benzene rings is 2. The van der Waals surface area contributed by atoms with Crippen molar-refractivity contribution in [2.75, 3.05) is 0 Å². The van der Waals surface area contributed by atoms with Crippen molar-refractivity contribution in [1.82, 2.24) is 0 Å². The summed E-state index contributed by atoms with van der Waals surface area (Å²) < 4.78 is 5.88. The van der Waals surface area contributed by atoms with Crippen molar-refractivity contribution in [3.8, 4) is 5.75 Å². The van der Waals surface area contributed by atoms with Gasteiger partial charge >= 0.3 is 0 Å². The zero-order chi connectivity index (χ0) is 13.8. The molecular formula is C16H16BrClO. The fourth-order valence-corrected chi connectivity index (χ4v) is 2.61. The third kappa shape index (κ3) is 3.74. The van der Waals surface area contributed by atoms with Crippen LogP contribution in [0, 0.1) is 13.8 Å². The topological polar surface area (TPSA) is 9.23 Å². The van der Waals surface area contributed by atoms with Gasteiger partial charge in [-0.3, -0.25) is 0 Å². The molecule has 0 aliphatic heterocycles. The summed E-state index contributed by atoms with van der Waals surface area (Å²) in [6, 6.07) is 12.2. The molecule has 0 aliphatic rings. The van der Waals surface area contributed by atoms with Crippen molar-refractivity contribution < 1.29 is 4.74 Å².